The van der Waals surface area contributed by atoms with Crippen molar-refractivity contribution in [1.82, 2.24) is 4.31 Å². The van der Waals surface area contributed by atoms with Gasteiger partial charge in [-0.25, -0.2) is 8.42 Å². The maximum Gasteiger partial charge on any atom is 0.216 e. The smallest absolute Gasteiger partial charge is 0.216 e. The predicted molar refractivity (Wildman–Crippen MR) is 65.3 cm³/mol. The van der Waals surface area contributed by atoms with Crippen LogP contribution in [0.5, 0.6) is 0 Å². The van der Waals surface area contributed by atoms with Crippen LogP contribution in [0.25, 0.3) is 0 Å². The van der Waals surface area contributed by atoms with Gasteiger partial charge in [0.1, 0.15) is 0 Å². The van der Waals surface area contributed by atoms with Crippen molar-refractivity contribution in [2.45, 2.75) is 31.7 Å². The topological polar surface area (TPSA) is 46.6 Å². The summed E-state index contributed by atoms with van der Waals surface area (Å²) >= 11 is 5.68. The van der Waals surface area contributed by atoms with Crippen LogP contribution in [0.2, 0.25) is 0 Å². The van der Waals surface area contributed by atoms with Crippen molar-refractivity contribution >= 4 is 21.6 Å². The number of nitrogens with zero attached hydrogens (tertiary/aromatic N) is 1. The molecule has 6 heteroatoms. The highest BCUT2D eigenvalue weighted by atomic mass is 35.5. The van der Waals surface area contributed by atoms with E-state index < -0.39 is 10.0 Å². The predicted octanol–water partition coefficient (Wildman–Crippen LogP) is 1.45. The van der Waals surface area contributed by atoms with E-state index in [1.807, 2.05) is 0 Å². The van der Waals surface area contributed by atoms with Gasteiger partial charge in [0, 0.05) is 25.6 Å². The Morgan fingerprint density at radius 2 is 2.00 bits per heavy atom. The third-order valence-corrected chi connectivity index (χ3v) is 4.99. The Labute approximate surface area is 103 Å². The van der Waals surface area contributed by atoms with Crippen LogP contribution in [0.4, 0.5) is 0 Å². The first kappa shape index (κ1) is 14.2. The first-order chi connectivity index (χ1) is 7.61. The van der Waals surface area contributed by atoms with E-state index in [0.717, 1.165) is 25.7 Å². The average Bonchev–Trinajstić information content (AvgIpc) is 2.76. The second kappa shape index (κ2) is 6.79. The van der Waals surface area contributed by atoms with Crippen LogP contribution >= 0.6 is 11.6 Å². The maximum absolute atomic E-state index is 12.1. The summed E-state index contributed by atoms with van der Waals surface area (Å²) in [6, 6.07) is 0.153. The lowest BCUT2D eigenvalue weighted by atomic mass is 10.2. The maximum atomic E-state index is 12.1. The zero-order chi connectivity index (χ0) is 12.0. The molecule has 0 radical (unpaired) electrons. The van der Waals surface area contributed by atoms with Gasteiger partial charge in [-0.3, -0.25) is 0 Å². The van der Waals surface area contributed by atoms with Crippen LogP contribution in [-0.2, 0) is 14.8 Å². The number of rotatable bonds is 7. The molecule has 0 heterocycles. The van der Waals surface area contributed by atoms with Crippen molar-refractivity contribution < 1.29 is 13.2 Å². The first-order valence-corrected chi connectivity index (χ1v) is 7.80. The summed E-state index contributed by atoms with van der Waals surface area (Å²) in [5, 5.41) is 0. The second-order valence-electron chi connectivity index (χ2n) is 4.05. The summed E-state index contributed by atoms with van der Waals surface area (Å²) in [7, 11) is -1.70. The van der Waals surface area contributed by atoms with E-state index in [2.05, 4.69) is 0 Å². The normalized spacial score (nSPS) is 18.4. The van der Waals surface area contributed by atoms with Gasteiger partial charge in [-0.15, -0.1) is 11.6 Å². The molecule has 0 aromatic rings. The lowest BCUT2D eigenvalue weighted by Gasteiger charge is -2.27. The van der Waals surface area contributed by atoms with Gasteiger partial charge < -0.3 is 4.74 Å². The molecule has 1 saturated carbocycles. The van der Waals surface area contributed by atoms with E-state index in [1.165, 1.54) is 7.11 Å². The van der Waals surface area contributed by atoms with E-state index in [-0.39, 0.29) is 18.4 Å². The third kappa shape index (κ3) is 3.87. The molecule has 0 saturated heterocycles. The Bertz CT molecular complexity index is 288. The highest BCUT2D eigenvalue weighted by Crippen LogP contribution is 2.25. The van der Waals surface area contributed by atoms with Gasteiger partial charge in [-0.1, -0.05) is 12.8 Å². The Kier molecular flexibility index (Phi) is 6.03. The van der Waals surface area contributed by atoms with Crippen molar-refractivity contribution in [2.75, 3.05) is 31.9 Å². The van der Waals surface area contributed by atoms with Crippen molar-refractivity contribution in [1.29, 1.82) is 0 Å². The Morgan fingerprint density at radius 3 is 2.50 bits per heavy atom. The van der Waals surface area contributed by atoms with E-state index in [4.69, 9.17) is 16.3 Å². The molecule has 4 nitrogen and oxygen atoms in total. The van der Waals surface area contributed by atoms with Crippen molar-refractivity contribution in [2.24, 2.45) is 0 Å². The molecule has 0 aromatic carbocycles. The highest BCUT2D eigenvalue weighted by molar-refractivity contribution is 7.89. The van der Waals surface area contributed by atoms with E-state index in [0.29, 0.717) is 12.4 Å². The molecule has 0 unspecified atom stereocenters. The second-order valence-corrected chi connectivity index (χ2v) is 6.47. The quantitative estimate of drug-likeness (QED) is 0.657. The van der Waals surface area contributed by atoms with Crippen LogP contribution in [0.15, 0.2) is 0 Å². The summed E-state index contributed by atoms with van der Waals surface area (Å²) in [5.41, 5.74) is 0. The molecule has 16 heavy (non-hydrogen) atoms. The number of alkyl halides is 1. The average molecular weight is 270 g/mol. The minimum absolute atomic E-state index is 0.0525. The molecule has 0 aliphatic heterocycles. The Balaban J connectivity index is 2.67. The first-order valence-electron chi connectivity index (χ1n) is 5.66. The molecule has 0 spiro atoms. The summed E-state index contributed by atoms with van der Waals surface area (Å²) < 4.78 is 30.5. The molecule has 0 aromatic heterocycles. The third-order valence-electron chi connectivity index (χ3n) is 2.94. The van der Waals surface area contributed by atoms with Crippen LogP contribution in [0.3, 0.4) is 0 Å². The molecule has 1 rings (SSSR count). The molecular weight excluding hydrogens is 250 g/mol. The molecule has 1 aliphatic carbocycles. The van der Waals surface area contributed by atoms with Crippen LogP contribution in [0.1, 0.15) is 25.7 Å². The molecule has 96 valence electrons. The lowest BCUT2D eigenvalue weighted by molar-refractivity contribution is 0.214. The van der Waals surface area contributed by atoms with E-state index in [1.54, 1.807) is 4.31 Å². The molecule has 0 atom stereocenters. The fourth-order valence-corrected chi connectivity index (χ4v) is 4.06. The van der Waals surface area contributed by atoms with Crippen molar-refractivity contribution in [3.63, 3.8) is 0 Å². The lowest BCUT2D eigenvalue weighted by Crippen LogP contribution is -2.42. The van der Waals surface area contributed by atoms with Gasteiger partial charge in [0.25, 0.3) is 0 Å². The molecule has 0 N–H and O–H groups in total. The fourth-order valence-electron chi connectivity index (χ4n) is 2.13. The molecule has 1 aliphatic rings. The molecular formula is C10H20ClNO3S. The monoisotopic (exact) mass is 269 g/mol. The molecule has 0 amide bonds. The molecule has 1 fully saturated rings. The van der Waals surface area contributed by atoms with Crippen molar-refractivity contribution in [3.8, 4) is 0 Å². The highest BCUT2D eigenvalue weighted by Gasteiger charge is 2.30. The summed E-state index contributed by atoms with van der Waals surface area (Å²) in [5.74, 6) is 0.402. The van der Waals surface area contributed by atoms with E-state index in [9.17, 15) is 8.42 Å². The van der Waals surface area contributed by atoms with Gasteiger partial charge in [0.05, 0.1) is 12.4 Å². The fraction of sp³-hybridized carbons (Fsp3) is 1.00. The van der Waals surface area contributed by atoms with Gasteiger partial charge in [-0.2, -0.15) is 4.31 Å². The number of halogens is 1. The molecule has 0 bridgehead atoms. The number of hydrogen-bond acceptors (Lipinski definition) is 3. The van der Waals surface area contributed by atoms with Crippen LogP contribution < -0.4 is 0 Å². The Morgan fingerprint density at radius 1 is 1.38 bits per heavy atom. The van der Waals surface area contributed by atoms with Gasteiger partial charge >= 0.3 is 0 Å². The van der Waals surface area contributed by atoms with Gasteiger partial charge in [0.15, 0.2) is 0 Å². The summed E-state index contributed by atoms with van der Waals surface area (Å²) in [6.07, 6.45) is 4.15. The number of methoxy groups -OCH3 is 1. The standard InChI is InChI=1S/C10H20ClNO3S/c1-15-8-9-16(13,14)12(7-6-11)10-4-2-3-5-10/h10H,2-9H2,1H3. The summed E-state index contributed by atoms with van der Waals surface area (Å²) in [6.45, 7) is 0.659. The minimum atomic E-state index is -3.21. The van der Waals surface area contributed by atoms with E-state index >= 15 is 0 Å². The number of hydrogen-bond donors (Lipinski definition) is 0. The largest absolute Gasteiger partial charge is 0.384 e. The number of sulfonamides is 1. The van der Waals surface area contributed by atoms with Crippen molar-refractivity contribution in [3.05, 3.63) is 0 Å². The SMILES string of the molecule is COCCS(=O)(=O)N(CCCl)C1CCCC1. The Hall–Kier alpha value is 0.160. The zero-order valence-electron chi connectivity index (χ0n) is 9.69. The van der Waals surface area contributed by atoms with Crippen LogP contribution in [-0.4, -0.2) is 50.7 Å². The number of ether oxygens (including phenoxy) is 1. The van der Waals surface area contributed by atoms with Gasteiger partial charge in [-0.05, 0) is 12.8 Å². The summed E-state index contributed by atoms with van der Waals surface area (Å²) in [4.78, 5) is 0. The van der Waals surface area contributed by atoms with Gasteiger partial charge in [0.2, 0.25) is 10.0 Å². The minimum Gasteiger partial charge on any atom is -0.384 e. The van der Waals surface area contributed by atoms with Crippen LogP contribution in [0, 0.1) is 0 Å². The zero-order valence-corrected chi connectivity index (χ0v) is 11.3.